The summed E-state index contributed by atoms with van der Waals surface area (Å²) < 4.78 is 9.73. The Balaban J connectivity index is 2.14. The number of pyridine rings is 1. The van der Waals surface area contributed by atoms with Crippen molar-refractivity contribution in [3.05, 3.63) is 64.9 Å². The third-order valence-corrected chi connectivity index (χ3v) is 6.13. The molecule has 37 heavy (non-hydrogen) atoms. The van der Waals surface area contributed by atoms with Crippen molar-refractivity contribution < 1.29 is 19.1 Å². The molecule has 1 aromatic carbocycles. The number of nitrogens with two attached hydrogens (primary N) is 2. The molecule has 0 saturated heterocycles. The molecule has 10 nitrogen and oxygen atoms in total. The summed E-state index contributed by atoms with van der Waals surface area (Å²) in [6.07, 6.45) is 5.01. The molecular weight excluding hydrogens is 492 g/mol. The highest BCUT2D eigenvalue weighted by atomic mass is 32.1. The highest BCUT2D eigenvalue weighted by molar-refractivity contribution is 7.09. The molecule has 0 aliphatic rings. The summed E-state index contributed by atoms with van der Waals surface area (Å²) >= 11 is 0.754. The van der Waals surface area contributed by atoms with Gasteiger partial charge in [0.2, 0.25) is 5.91 Å². The Morgan fingerprint density at radius 3 is 2.30 bits per heavy atom. The van der Waals surface area contributed by atoms with Crippen molar-refractivity contribution in [2.24, 2.45) is 5.73 Å². The highest BCUT2D eigenvalue weighted by Gasteiger charge is 2.37. The molecule has 0 saturated carbocycles. The normalized spacial score (nSPS) is 12.0. The van der Waals surface area contributed by atoms with Crippen molar-refractivity contribution in [3.8, 4) is 5.75 Å². The number of primary amides is 1. The second-order valence-corrected chi connectivity index (χ2v) is 10.2. The zero-order chi connectivity index (χ0) is 27.2. The van der Waals surface area contributed by atoms with Crippen molar-refractivity contribution in [2.45, 2.75) is 52.1 Å². The van der Waals surface area contributed by atoms with E-state index in [1.807, 2.05) is 20.8 Å². The molecule has 5 N–H and O–H groups in total. The molecular formula is C26H32N6O4S. The van der Waals surface area contributed by atoms with Gasteiger partial charge in [-0.05, 0) is 80.7 Å². The van der Waals surface area contributed by atoms with Gasteiger partial charge in [-0.15, -0.1) is 0 Å². The average Bonchev–Trinajstić information content (AvgIpc) is 3.24. The second kappa shape index (κ2) is 11.8. The Hall–Kier alpha value is -3.99. The fourth-order valence-electron chi connectivity index (χ4n) is 3.56. The van der Waals surface area contributed by atoms with Crippen LogP contribution in [-0.4, -0.2) is 39.2 Å². The Morgan fingerprint density at radius 1 is 1.11 bits per heavy atom. The largest absolute Gasteiger partial charge is 0.494 e. The number of anilines is 2. The monoisotopic (exact) mass is 524 g/mol. The minimum atomic E-state index is -1.08. The van der Waals surface area contributed by atoms with E-state index in [4.69, 9.17) is 16.2 Å². The quantitative estimate of drug-likeness (QED) is 0.342. The molecule has 0 aliphatic carbocycles. The molecule has 0 unspecified atom stereocenters. The van der Waals surface area contributed by atoms with E-state index in [2.05, 4.69) is 21.6 Å². The maximum Gasteiger partial charge on any atom is 0.273 e. The number of amides is 3. The third-order valence-electron chi connectivity index (χ3n) is 5.28. The first-order valence-electron chi connectivity index (χ1n) is 11.9. The lowest BCUT2D eigenvalue weighted by Crippen LogP contribution is -2.49. The standard InChI is InChI=1S/C26H32N6O4S/c1-5-6-15-36-18-9-7-17(8-10-18)32(25(35)22-19(27)20(23(28)33)31-37-22)21(16-11-13-29-14-12-16)24(34)30-26(2,3)4/h7-14,21H,5-6,15,27H2,1-4H3,(H2,28,33)(H,30,34)/t21-/m1/s1. The fraction of sp³-hybridized carbons (Fsp3) is 0.346. The van der Waals surface area contributed by atoms with Crippen LogP contribution < -0.4 is 26.4 Å². The Kier molecular flexibility index (Phi) is 8.82. The number of carbonyl (C=O) groups excluding carboxylic acids is 3. The fourth-order valence-corrected chi connectivity index (χ4v) is 4.30. The number of hydrogen-bond acceptors (Lipinski definition) is 8. The number of carbonyl (C=O) groups is 3. The van der Waals surface area contributed by atoms with Gasteiger partial charge >= 0.3 is 0 Å². The summed E-state index contributed by atoms with van der Waals surface area (Å²) in [5.41, 5.74) is 11.5. The Morgan fingerprint density at radius 2 is 1.76 bits per heavy atom. The molecule has 196 valence electrons. The predicted molar refractivity (Wildman–Crippen MR) is 144 cm³/mol. The summed E-state index contributed by atoms with van der Waals surface area (Å²) in [5, 5.41) is 2.96. The molecule has 2 aromatic heterocycles. The van der Waals surface area contributed by atoms with Gasteiger partial charge in [0, 0.05) is 23.6 Å². The minimum Gasteiger partial charge on any atom is -0.494 e. The number of benzene rings is 1. The topological polar surface area (TPSA) is 154 Å². The lowest BCUT2D eigenvalue weighted by atomic mass is 10.0. The molecule has 0 bridgehead atoms. The van der Waals surface area contributed by atoms with Gasteiger partial charge in [0.1, 0.15) is 16.7 Å². The van der Waals surface area contributed by atoms with Crippen LogP contribution in [0.1, 0.15) is 72.3 Å². The van der Waals surface area contributed by atoms with Crippen LogP contribution in [0.15, 0.2) is 48.8 Å². The molecule has 0 spiro atoms. The van der Waals surface area contributed by atoms with Gasteiger partial charge in [-0.25, -0.2) is 0 Å². The lowest BCUT2D eigenvalue weighted by Gasteiger charge is -2.33. The van der Waals surface area contributed by atoms with Crippen LogP contribution in [0.2, 0.25) is 0 Å². The molecule has 0 fully saturated rings. The summed E-state index contributed by atoms with van der Waals surface area (Å²) in [7, 11) is 0. The number of nitrogens with one attached hydrogen (secondary N) is 1. The van der Waals surface area contributed by atoms with Gasteiger partial charge in [-0.1, -0.05) is 13.3 Å². The summed E-state index contributed by atoms with van der Waals surface area (Å²) in [4.78, 5) is 44.8. The van der Waals surface area contributed by atoms with E-state index in [-0.39, 0.29) is 16.3 Å². The second-order valence-electron chi connectivity index (χ2n) is 9.43. The summed E-state index contributed by atoms with van der Waals surface area (Å²) in [6, 6.07) is 9.12. The third kappa shape index (κ3) is 6.82. The number of unbranched alkanes of at least 4 members (excludes halogenated alkanes) is 1. The van der Waals surface area contributed by atoms with Crippen LogP contribution in [0, 0.1) is 0 Å². The van der Waals surface area contributed by atoms with E-state index >= 15 is 0 Å². The van der Waals surface area contributed by atoms with Crippen LogP contribution in [0.25, 0.3) is 0 Å². The zero-order valence-corrected chi connectivity index (χ0v) is 22.2. The van der Waals surface area contributed by atoms with E-state index < -0.39 is 29.3 Å². The molecule has 11 heteroatoms. The van der Waals surface area contributed by atoms with Crippen LogP contribution >= 0.6 is 11.5 Å². The van der Waals surface area contributed by atoms with Gasteiger partial charge in [0.15, 0.2) is 5.69 Å². The molecule has 2 heterocycles. The van der Waals surface area contributed by atoms with Crippen molar-refractivity contribution >= 4 is 40.6 Å². The first-order chi connectivity index (χ1) is 17.5. The zero-order valence-electron chi connectivity index (χ0n) is 21.4. The first-order valence-corrected chi connectivity index (χ1v) is 12.6. The predicted octanol–water partition coefficient (Wildman–Crippen LogP) is 3.70. The van der Waals surface area contributed by atoms with Crippen molar-refractivity contribution in [1.29, 1.82) is 0 Å². The maximum atomic E-state index is 14.0. The first kappa shape index (κ1) is 27.6. The number of rotatable bonds is 10. The molecule has 3 amide bonds. The Labute approximate surface area is 220 Å². The number of ether oxygens (including phenoxy) is 1. The van der Waals surface area contributed by atoms with Crippen molar-refractivity contribution in [1.82, 2.24) is 14.7 Å². The summed E-state index contributed by atoms with van der Waals surface area (Å²) in [5.74, 6) is -1.22. The highest BCUT2D eigenvalue weighted by Crippen LogP contribution is 2.34. The molecule has 1 atom stereocenters. The van der Waals surface area contributed by atoms with Crippen LogP contribution in [0.5, 0.6) is 5.75 Å². The van der Waals surface area contributed by atoms with E-state index in [0.29, 0.717) is 23.6 Å². The van der Waals surface area contributed by atoms with Crippen LogP contribution in [-0.2, 0) is 4.79 Å². The SMILES string of the molecule is CCCCOc1ccc(N(C(=O)c2snc(C(N)=O)c2N)[C@@H](C(=O)NC(C)(C)C)c2ccncc2)cc1. The van der Waals surface area contributed by atoms with E-state index in [1.165, 1.54) is 4.90 Å². The van der Waals surface area contributed by atoms with Crippen LogP contribution in [0.3, 0.4) is 0 Å². The van der Waals surface area contributed by atoms with Gasteiger partial charge in [0.25, 0.3) is 11.8 Å². The smallest absolute Gasteiger partial charge is 0.273 e. The number of aromatic nitrogens is 2. The number of nitrogen functional groups attached to an aromatic ring is 1. The molecule has 0 aliphatic heterocycles. The maximum absolute atomic E-state index is 14.0. The van der Waals surface area contributed by atoms with Gasteiger partial charge in [0.05, 0.1) is 12.3 Å². The van der Waals surface area contributed by atoms with Gasteiger partial charge in [-0.3, -0.25) is 24.3 Å². The number of nitrogens with zero attached hydrogens (tertiary/aromatic N) is 3. The summed E-state index contributed by atoms with van der Waals surface area (Å²) in [6.45, 7) is 8.20. The molecule has 3 rings (SSSR count). The Bertz CT molecular complexity index is 1240. The van der Waals surface area contributed by atoms with E-state index in [1.54, 1.807) is 48.8 Å². The van der Waals surface area contributed by atoms with Crippen molar-refractivity contribution in [2.75, 3.05) is 17.2 Å². The van der Waals surface area contributed by atoms with E-state index in [9.17, 15) is 14.4 Å². The number of hydrogen-bond donors (Lipinski definition) is 3. The van der Waals surface area contributed by atoms with Gasteiger partial charge < -0.3 is 21.5 Å². The minimum absolute atomic E-state index is 0.000290. The van der Waals surface area contributed by atoms with Crippen LogP contribution in [0.4, 0.5) is 11.4 Å². The van der Waals surface area contributed by atoms with E-state index in [0.717, 1.165) is 24.4 Å². The molecule has 0 radical (unpaired) electrons. The van der Waals surface area contributed by atoms with Gasteiger partial charge in [-0.2, -0.15) is 4.37 Å². The average molecular weight is 525 g/mol. The lowest BCUT2D eigenvalue weighted by molar-refractivity contribution is -0.123. The van der Waals surface area contributed by atoms with Crippen molar-refractivity contribution in [3.63, 3.8) is 0 Å². The molecule has 3 aromatic rings.